The molecule has 22 heavy (non-hydrogen) atoms. The molecule has 2 aliphatic heterocycles. The van der Waals surface area contributed by atoms with Gasteiger partial charge in [0.05, 0.1) is 11.2 Å². The number of likely N-dealkylation sites (N-methyl/N-ethyl adjacent to an activating group) is 1. The average molecular weight is 303 g/mol. The predicted molar refractivity (Wildman–Crippen MR) is 79.6 cm³/mol. The van der Waals surface area contributed by atoms with Crippen LogP contribution < -0.4 is 5.32 Å². The minimum Gasteiger partial charge on any atom is -0.335 e. The molecule has 0 bridgehead atoms. The van der Waals surface area contributed by atoms with Gasteiger partial charge in [0, 0.05) is 39.3 Å². The van der Waals surface area contributed by atoms with E-state index in [4.69, 9.17) is 0 Å². The molecule has 1 N–H and O–H groups in total. The first-order valence-electron chi connectivity index (χ1n) is 7.87. The van der Waals surface area contributed by atoms with E-state index in [1.165, 1.54) is 0 Å². The van der Waals surface area contributed by atoms with E-state index < -0.39 is 0 Å². The summed E-state index contributed by atoms with van der Waals surface area (Å²) < 4.78 is 1.74. The zero-order valence-electron chi connectivity index (χ0n) is 13.1. The second-order valence-corrected chi connectivity index (χ2v) is 6.71. The van der Waals surface area contributed by atoms with E-state index in [1.807, 2.05) is 11.9 Å². The second-order valence-electron chi connectivity index (χ2n) is 6.71. The number of carbonyl (C=O) groups is 2. The number of fused-ring (bicyclic) bond motifs is 1. The molecule has 118 valence electrons. The van der Waals surface area contributed by atoms with Gasteiger partial charge in [0.15, 0.2) is 0 Å². The molecule has 0 radical (unpaired) electrons. The van der Waals surface area contributed by atoms with Crippen molar-refractivity contribution in [3.63, 3.8) is 0 Å². The summed E-state index contributed by atoms with van der Waals surface area (Å²) in [6, 6.07) is -0.0509. The number of amides is 3. The van der Waals surface area contributed by atoms with Crippen molar-refractivity contribution in [2.75, 3.05) is 26.7 Å². The highest BCUT2D eigenvalue weighted by Crippen LogP contribution is 2.32. The van der Waals surface area contributed by atoms with Crippen molar-refractivity contribution >= 4 is 11.9 Å². The van der Waals surface area contributed by atoms with Crippen molar-refractivity contribution in [3.05, 3.63) is 17.0 Å². The lowest BCUT2D eigenvalue weighted by Crippen LogP contribution is -2.70. The summed E-state index contributed by atoms with van der Waals surface area (Å²) in [5.74, 6) is 0.0523. The highest BCUT2D eigenvalue weighted by molar-refractivity contribution is 5.95. The van der Waals surface area contributed by atoms with Crippen LogP contribution in [0.4, 0.5) is 4.79 Å². The normalized spacial score (nSPS) is 22.5. The molecule has 3 heterocycles. The van der Waals surface area contributed by atoms with Crippen LogP contribution in [0.15, 0.2) is 0 Å². The Hall–Kier alpha value is -2.05. The number of urea groups is 1. The van der Waals surface area contributed by atoms with Crippen LogP contribution in [0.2, 0.25) is 0 Å². The number of aromatic nitrogens is 2. The lowest BCUT2D eigenvalue weighted by Gasteiger charge is -2.50. The summed E-state index contributed by atoms with van der Waals surface area (Å²) in [7, 11) is 3.66. The van der Waals surface area contributed by atoms with E-state index in [2.05, 4.69) is 10.4 Å². The van der Waals surface area contributed by atoms with Crippen LogP contribution in [-0.4, -0.2) is 63.7 Å². The number of carbonyl (C=O) groups excluding carboxylic acids is 2. The summed E-state index contributed by atoms with van der Waals surface area (Å²) in [4.78, 5) is 28.0. The summed E-state index contributed by atoms with van der Waals surface area (Å²) in [6.45, 7) is 1.82. The van der Waals surface area contributed by atoms with E-state index in [9.17, 15) is 9.59 Å². The monoisotopic (exact) mass is 303 g/mol. The lowest BCUT2D eigenvalue weighted by molar-refractivity contribution is 0.00690. The maximum Gasteiger partial charge on any atom is 0.317 e. The van der Waals surface area contributed by atoms with Gasteiger partial charge in [-0.1, -0.05) is 0 Å². The molecule has 3 amide bonds. The van der Waals surface area contributed by atoms with Crippen molar-refractivity contribution in [2.45, 2.75) is 31.2 Å². The Bertz CT molecular complexity index is 659. The molecule has 2 saturated heterocycles. The fourth-order valence-electron chi connectivity index (χ4n) is 3.92. The van der Waals surface area contributed by atoms with E-state index in [0.29, 0.717) is 19.6 Å². The molecule has 3 aliphatic rings. The van der Waals surface area contributed by atoms with Crippen LogP contribution in [-0.2, 0) is 19.9 Å². The minimum absolute atomic E-state index is 0.0509. The highest BCUT2D eigenvalue weighted by Gasteiger charge is 2.54. The molecular formula is C15H21N5O2. The van der Waals surface area contributed by atoms with Crippen LogP contribution >= 0.6 is 0 Å². The summed E-state index contributed by atoms with van der Waals surface area (Å²) in [5, 5.41) is 7.37. The summed E-state index contributed by atoms with van der Waals surface area (Å²) in [6.07, 6.45) is 4.21. The van der Waals surface area contributed by atoms with Crippen molar-refractivity contribution < 1.29 is 9.59 Å². The molecule has 0 unspecified atom stereocenters. The number of likely N-dealkylation sites (tertiary alicyclic amines) is 1. The van der Waals surface area contributed by atoms with Crippen molar-refractivity contribution in [1.82, 2.24) is 24.9 Å². The van der Waals surface area contributed by atoms with Crippen LogP contribution in [0, 0.1) is 0 Å². The summed E-state index contributed by atoms with van der Waals surface area (Å²) in [5.41, 5.74) is 2.74. The van der Waals surface area contributed by atoms with Crippen LogP contribution in [0.3, 0.4) is 0 Å². The van der Waals surface area contributed by atoms with E-state index in [1.54, 1.807) is 16.6 Å². The molecular weight excluding hydrogens is 282 g/mol. The van der Waals surface area contributed by atoms with Gasteiger partial charge in [-0.15, -0.1) is 0 Å². The SMILES string of the molecule is CN1C(=O)NCC12CN(C(=O)c1c3c(nn1C)CCCC3)C2. The maximum absolute atomic E-state index is 12.9. The van der Waals surface area contributed by atoms with E-state index in [0.717, 1.165) is 42.6 Å². The quantitative estimate of drug-likeness (QED) is 0.803. The van der Waals surface area contributed by atoms with Gasteiger partial charge >= 0.3 is 6.03 Å². The molecule has 1 aliphatic carbocycles. The molecule has 0 aromatic carbocycles. The third kappa shape index (κ3) is 1.71. The van der Waals surface area contributed by atoms with Gasteiger partial charge in [0.2, 0.25) is 0 Å². The first kappa shape index (κ1) is 13.6. The predicted octanol–water partition coefficient (Wildman–Crippen LogP) is 0.149. The minimum atomic E-state index is -0.217. The third-order valence-corrected chi connectivity index (χ3v) is 5.36. The molecule has 7 nitrogen and oxygen atoms in total. The Kier molecular flexibility index (Phi) is 2.76. The number of aryl methyl sites for hydroxylation is 2. The van der Waals surface area contributed by atoms with E-state index in [-0.39, 0.29) is 17.5 Å². The molecule has 1 aromatic rings. The average Bonchev–Trinajstić information content (AvgIpc) is 2.94. The topological polar surface area (TPSA) is 70.5 Å². The molecule has 0 atom stereocenters. The Balaban J connectivity index is 1.55. The van der Waals surface area contributed by atoms with E-state index >= 15 is 0 Å². The van der Waals surface area contributed by atoms with Crippen LogP contribution in [0.1, 0.15) is 34.6 Å². The number of hydrogen-bond donors (Lipinski definition) is 1. The van der Waals surface area contributed by atoms with Gasteiger partial charge in [-0.2, -0.15) is 5.10 Å². The lowest BCUT2D eigenvalue weighted by atomic mass is 9.88. The van der Waals surface area contributed by atoms with Crippen molar-refractivity contribution in [2.24, 2.45) is 7.05 Å². The zero-order valence-corrected chi connectivity index (χ0v) is 13.1. The smallest absolute Gasteiger partial charge is 0.317 e. The number of nitrogens with one attached hydrogen (secondary N) is 1. The fraction of sp³-hybridized carbons (Fsp3) is 0.667. The number of nitrogens with zero attached hydrogens (tertiary/aromatic N) is 4. The molecule has 7 heteroatoms. The van der Waals surface area contributed by atoms with Crippen molar-refractivity contribution in [3.8, 4) is 0 Å². The fourth-order valence-corrected chi connectivity index (χ4v) is 3.92. The second kappa shape index (κ2) is 4.47. The molecule has 4 rings (SSSR count). The Morgan fingerprint density at radius 3 is 2.64 bits per heavy atom. The van der Waals surface area contributed by atoms with Gasteiger partial charge < -0.3 is 15.1 Å². The molecule has 1 aromatic heterocycles. The molecule has 0 saturated carbocycles. The van der Waals surface area contributed by atoms with Gasteiger partial charge in [0.25, 0.3) is 5.91 Å². The van der Waals surface area contributed by atoms with Crippen molar-refractivity contribution in [1.29, 1.82) is 0 Å². The Morgan fingerprint density at radius 1 is 1.23 bits per heavy atom. The highest BCUT2D eigenvalue weighted by atomic mass is 16.2. The van der Waals surface area contributed by atoms with Gasteiger partial charge in [-0.3, -0.25) is 9.48 Å². The Labute approximate surface area is 129 Å². The first-order valence-corrected chi connectivity index (χ1v) is 7.87. The van der Waals surface area contributed by atoms with Gasteiger partial charge in [-0.05, 0) is 25.7 Å². The standard InChI is InChI=1S/C15H21N5O2/c1-18-14(22)16-7-15(18)8-20(9-15)13(21)12-10-5-3-4-6-11(10)17-19(12)2/h3-9H2,1-2H3,(H,16,22). The molecule has 1 spiro atoms. The van der Waals surface area contributed by atoms with Gasteiger partial charge in [-0.25, -0.2) is 4.79 Å². The summed E-state index contributed by atoms with van der Waals surface area (Å²) >= 11 is 0. The maximum atomic E-state index is 12.9. The largest absolute Gasteiger partial charge is 0.335 e. The van der Waals surface area contributed by atoms with Gasteiger partial charge in [0.1, 0.15) is 5.69 Å². The van der Waals surface area contributed by atoms with Crippen LogP contribution in [0.25, 0.3) is 0 Å². The molecule has 2 fully saturated rings. The van der Waals surface area contributed by atoms with Crippen LogP contribution in [0.5, 0.6) is 0 Å². The number of rotatable bonds is 1. The number of hydrogen-bond acceptors (Lipinski definition) is 3. The Morgan fingerprint density at radius 2 is 1.95 bits per heavy atom. The zero-order chi connectivity index (χ0) is 15.5. The third-order valence-electron chi connectivity index (χ3n) is 5.36. The first-order chi connectivity index (χ1) is 10.5.